The first-order valence-corrected chi connectivity index (χ1v) is 9.55. The van der Waals surface area contributed by atoms with Crippen LogP contribution in [0.1, 0.15) is 17.0 Å². The standard InChI is InChI=1S/C22H12F2N4OS/c23-14-5-1-12(2-6-14)9-18-21(29)28-20(27)16(10-25)19(17(11-26)22(28)30-18)13-3-7-15(24)8-4-13/h1-9,19H,27H2/b18-9-/t19-/m0/s1. The summed E-state index contributed by atoms with van der Waals surface area (Å²) in [4.78, 5) is 13.0. The molecular formula is C22H12F2N4OS. The van der Waals surface area contributed by atoms with E-state index in [4.69, 9.17) is 5.73 Å². The van der Waals surface area contributed by atoms with Crippen molar-refractivity contribution < 1.29 is 8.78 Å². The van der Waals surface area contributed by atoms with Gasteiger partial charge in [0.2, 0.25) is 0 Å². The third-order valence-corrected chi connectivity index (χ3v) is 5.87. The van der Waals surface area contributed by atoms with Gasteiger partial charge in [0.05, 0.1) is 33.7 Å². The van der Waals surface area contributed by atoms with Gasteiger partial charge in [-0.15, -0.1) is 11.3 Å². The van der Waals surface area contributed by atoms with Crippen molar-refractivity contribution in [2.24, 2.45) is 5.73 Å². The summed E-state index contributed by atoms with van der Waals surface area (Å²) in [6, 6.07) is 15.1. The van der Waals surface area contributed by atoms with Crippen molar-refractivity contribution in [1.82, 2.24) is 4.57 Å². The lowest BCUT2D eigenvalue weighted by Gasteiger charge is -2.22. The molecule has 2 heterocycles. The molecule has 3 aromatic rings. The van der Waals surface area contributed by atoms with Crippen molar-refractivity contribution in [2.75, 3.05) is 0 Å². The third kappa shape index (κ3) is 3.10. The van der Waals surface area contributed by atoms with Gasteiger partial charge >= 0.3 is 0 Å². The highest BCUT2D eigenvalue weighted by atomic mass is 32.1. The number of hydrogen-bond acceptors (Lipinski definition) is 5. The minimum Gasteiger partial charge on any atom is -0.384 e. The Kier molecular flexibility index (Phi) is 4.78. The maximum absolute atomic E-state index is 13.4. The Morgan fingerprint density at radius 1 is 0.967 bits per heavy atom. The van der Waals surface area contributed by atoms with Gasteiger partial charge in [-0.3, -0.25) is 9.36 Å². The van der Waals surface area contributed by atoms with Crippen LogP contribution in [0, 0.1) is 34.3 Å². The Bertz CT molecular complexity index is 1450. The molecule has 146 valence electrons. The maximum Gasteiger partial charge on any atom is 0.274 e. The molecule has 1 aromatic heterocycles. The van der Waals surface area contributed by atoms with E-state index in [0.717, 1.165) is 15.9 Å². The number of benzene rings is 2. The van der Waals surface area contributed by atoms with Gasteiger partial charge in [-0.05, 0) is 41.5 Å². The highest BCUT2D eigenvalue weighted by Crippen LogP contribution is 2.35. The Hall–Kier alpha value is -4.01. The van der Waals surface area contributed by atoms with E-state index in [9.17, 15) is 24.1 Å². The molecule has 0 saturated carbocycles. The molecular weight excluding hydrogens is 406 g/mol. The first kappa shape index (κ1) is 19.3. The minimum absolute atomic E-state index is 0.0406. The normalized spacial score (nSPS) is 16.2. The lowest BCUT2D eigenvalue weighted by Crippen LogP contribution is -2.38. The zero-order valence-electron chi connectivity index (χ0n) is 15.3. The van der Waals surface area contributed by atoms with Crippen molar-refractivity contribution in [1.29, 1.82) is 10.5 Å². The molecule has 8 heteroatoms. The summed E-state index contributed by atoms with van der Waals surface area (Å²) >= 11 is 1.06. The molecule has 1 atom stereocenters. The summed E-state index contributed by atoms with van der Waals surface area (Å²) in [5.74, 6) is -1.73. The Labute approximate surface area is 173 Å². The van der Waals surface area contributed by atoms with Crippen LogP contribution in [0.25, 0.3) is 17.5 Å². The van der Waals surface area contributed by atoms with Crippen LogP contribution >= 0.6 is 11.3 Å². The van der Waals surface area contributed by atoms with Crippen molar-refractivity contribution in [3.05, 3.63) is 96.4 Å². The smallest absolute Gasteiger partial charge is 0.274 e. The lowest BCUT2D eigenvalue weighted by molar-refractivity contribution is 0.626. The van der Waals surface area contributed by atoms with Crippen LogP contribution in [-0.2, 0) is 0 Å². The summed E-state index contributed by atoms with van der Waals surface area (Å²) in [5.41, 5.74) is 7.03. The molecule has 0 radical (unpaired) electrons. The van der Waals surface area contributed by atoms with Crippen LogP contribution in [-0.4, -0.2) is 4.57 Å². The van der Waals surface area contributed by atoms with Gasteiger partial charge in [-0.2, -0.15) is 10.5 Å². The molecule has 0 unspecified atom stereocenters. The number of nitrogens with zero attached hydrogens (tertiary/aromatic N) is 3. The molecule has 30 heavy (non-hydrogen) atoms. The molecule has 0 saturated heterocycles. The second kappa shape index (κ2) is 7.43. The largest absolute Gasteiger partial charge is 0.384 e. The zero-order chi connectivity index (χ0) is 21.4. The summed E-state index contributed by atoms with van der Waals surface area (Å²) in [6.45, 7) is 0. The molecule has 2 aromatic carbocycles. The van der Waals surface area contributed by atoms with E-state index in [-0.39, 0.29) is 21.5 Å². The van der Waals surface area contributed by atoms with Crippen LogP contribution in [0.2, 0.25) is 0 Å². The van der Waals surface area contributed by atoms with E-state index in [2.05, 4.69) is 6.07 Å². The number of fused-ring (bicyclic) bond motifs is 1. The van der Waals surface area contributed by atoms with E-state index in [0.29, 0.717) is 15.8 Å². The number of nitrogens with two attached hydrogens (primary N) is 1. The Morgan fingerprint density at radius 2 is 1.53 bits per heavy atom. The lowest BCUT2D eigenvalue weighted by atomic mass is 9.84. The van der Waals surface area contributed by atoms with Gasteiger partial charge in [0.1, 0.15) is 22.1 Å². The van der Waals surface area contributed by atoms with Gasteiger partial charge < -0.3 is 5.73 Å². The highest BCUT2D eigenvalue weighted by molar-refractivity contribution is 7.07. The number of hydrogen-bond donors (Lipinski definition) is 1. The highest BCUT2D eigenvalue weighted by Gasteiger charge is 2.32. The average Bonchev–Trinajstić information content (AvgIpc) is 3.06. The van der Waals surface area contributed by atoms with Crippen LogP contribution in [0.3, 0.4) is 0 Å². The first-order chi connectivity index (χ1) is 14.4. The monoisotopic (exact) mass is 418 g/mol. The molecule has 1 aliphatic heterocycles. The second-order valence-corrected chi connectivity index (χ2v) is 7.56. The van der Waals surface area contributed by atoms with Crippen molar-refractivity contribution >= 4 is 28.8 Å². The number of aromatic nitrogens is 1. The van der Waals surface area contributed by atoms with Gasteiger partial charge in [0.25, 0.3) is 5.56 Å². The fourth-order valence-electron chi connectivity index (χ4n) is 3.35. The molecule has 0 amide bonds. The molecule has 2 N–H and O–H groups in total. The zero-order valence-corrected chi connectivity index (χ0v) is 16.1. The average molecular weight is 418 g/mol. The number of thiazole rings is 1. The molecule has 1 aliphatic rings. The van der Waals surface area contributed by atoms with Gasteiger partial charge in [-0.25, -0.2) is 8.78 Å². The number of nitriles is 2. The van der Waals surface area contributed by atoms with Crippen molar-refractivity contribution in [2.45, 2.75) is 5.92 Å². The molecule has 4 rings (SSSR count). The van der Waals surface area contributed by atoms with Gasteiger partial charge in [0.15, 0.2) is 0 Å². The molecule has 0 fully saturated rings. The van der Waals surface area contributed by atoms with E-state index in [1.807, 2.05) is 6.07 Å². The summed E-state index contributed by atoms with van der Waals surface area (Å²) < 4.78 is 28.3. The second-order valence-electron chi connectivity index (χ2n) is 6.53. The topological polar surface area (TPSA) is 95.6 Å². The molecule has 0 bridgehead atoms. The maximum atomic E-state index is 13.4. The number of allylic oxidation sites excluding steroid dienone is 1. The van der Waals surface area contributed by atoms with Crippen LogP contribution in [0.5, 0.6) is 0 Å². The fraction of sp³-hybridized carbons (Fsp3) is 0.0455. The van der Waals surface area contributed by atoms with E-state index < -0.39 is 23.1 Å². The SMILES string of the molecule is N#CC1=C(N)n2c(s/c(=C\c3ccc(F)cc3)c2=O)=C(C#N)[C@H]1c1ccc(F)cc1. The van der Waals surface area contributed by atoms with Crippen LogP contribution in [0.4, 0.5) is 8.78 Å². The van der Waals surface area contributed by atoms with Crippen LogP contribution < -0.4 is 20.5 Å². The summed E-state index contributed by atoms with van der Waals surface area (Å²) in [6.07, 6.45) is 1.57. The quantitative estimate of drug-likeness (QED) is 0.690. The predicted molar refractivity (Wildman–Crippen MR) is 109 cm³/mol. The van der Waals surface area contributed by atoms with Gasteiger partial charge in [0, 0.05) is 0 Å². The van der Waals surface area contributed by atoms with E-state index in [1.165, 1.54) is 48.5 Å². The van der Waals surface area contributed by atoms with Crippen molar-refractivity contribution in [3.8, 4) is 12.1 Å². The molecule has 0 aliphatic carbocycles. The fourth-order valence-corrected chi connectivity index (χ4v) is 4.48. The molecule has 0 spiro atoms. The Balaban J connectivity index is 2.04. The predicted octanol–water partition coefficient (Wildman–Crippen LogP) is 2.14. The Morgan fingerprint density at radius 3 is 2.10 bits per heavy atom. The first-order valence-electron chi connectivity index (χ1n) is 8.73. The van der Waals surface area contributed by atoms with Gasteiger partial charge in [-0.1, -0.05) is 24.3 Å². The third-order valence-electron chi connectivity index (χ3n) is 4.76. The summed E-state index contributed by atoms with van der Waals surface area (Å²) in [7, 11) is 0. The van der Waals surface area contributed by atoms with Crippen molar-refractivity contribution in [3.63, 3.8) is 0 Å². The summed E-state index contributed by atoms with van der Waals surface area (Å²) in [5, 5.41) is 19.6. The van der Waals surface area contributed by atoms with E-state index >= 15 is 0 Å². The van der Waals surface area contributed by atoms with Crippen LogP contribution in [0.15, 0.2) is 58.9 Å². The van der Waals surface area contributed by atoms with E-state index in [1.54, 1.807) is 6.08 Å². The number of halogens is 2. The minimum atomic E-state index is -0.808. The molecule has 5 nitrogen and oxygen atoms in total. The number of rotatable bonds is 2.